The molecule has 0 saturated heterocycles. The number of halogens is 1. The smallest absolute Gasteiger partial charge is 0.230 e. The van der Waals surface area contributed by atoms with Gasteiger partial charge >= 0.3 is 0 Å². The van der Waals surface area contributed by atoms with Gasteiger partial charge in [0.1, 0.15) is 5.82 Å². The first-order chi connectivity index (χ1) is 15.4. The quantitative estimate of drug-likeness (QED) is 0.632. The molecule has 1 unspecified atom stereocenters. The largest absolute Gasteiger partial charge is 0.312 e. The van der Waals surface area contributed by atoms with E-state index >= 15 is 0 Å². The van der Waals surface area contributed by atoms with Gasteiger partial charge in [0.2, 0.25) is 5.91 Å². The first-order valence-electron chi connectivity index (χ1n) is 10.8. The molecule has 0 spiro atoms. The maximum atomic E-state index is 14.5. The zero-order valence-corrected chi connectivity index (χ0v) is 18.6. The molecule has 0 bridgehead atoms. The lowest BCUT2D eigenvalue weighted by molar-refractivity contribution is -0.122. The van der Waals surface area contributed by atoms with Crippen LogP contribution in [-0.4, -0.2) is 27.4 Å². The van der Waals surface area contributed by atoms with E-state index in [9.17, 15) is 13.4 Å². The van der Waals surface area contributed by atoms with Gasteiger partial charge in [0.25, 0.3) is 0 Å². The number of hydrogen-bond donors (Lipinski definition) is 1. The van der Waals surface area contributed by atoms with E-state index in [1.807, 2.05) is 24.3 Å². The van der Waals surface area contributed by atoms with Crippen LogP contribution in [0.15, 0.2) is 59.6 Å². The summed E-state index contributed by atoms with van der Waals surface area (Å²) >= 11 is 0. The van der Waals surface area contributed by atoms with Crippen molar-refractivity contribution in [1.29, 1.82) is 4.78 Å². The fourth-order valence-electron chi connectivity index (χ4n) is 4.73. The number of carbonyl (C=O) groups is 1. The van der Waals surface area contributed by atoms with Gasteiger partial charge in [-0.1, -0.05) is 25.1 Å². The highest BCUT2D eigenvalue weighted by molar-refractivity contribution is 7.92. The van der Waals surface area contributed by atoms with Gasteiger partial charge in [-0.15, -0.1) is 0 Å². The maximum absolute atomic E-state index is 14.5. The predicted molar refractivity (Wildman–Crippen MR) is 123 cm³/mol. The lowest BCUT2D eigenvalue weighted by Gasteiger charge is -2.22. The molecule has 1 amide bonds. The number of aromatic nitrogens is 1. The number of nitrogens with one attached hydrogen (secondary N) is 1. The Morgan fingerprint density at radius 3 is 2.72 bits per heavy atom. The Kier molecular flexibility index (Phi) is 5.08. The molecule has 1 aliphatic heterocycles. The van der Waals surface area contributed by atoms with Gasteiger partial charge in [-0.2, -0.15) is 0 Å². The second-order valence-electron chi connectivity index (χ2n) is 8.42. The SMILES string of the molecule is CCS(=N)(=O)c1cc2c(cc1F)CCN2C(=O)[C@@H]1Cc2ccc(-c3ccccn3)cc2C1. The standard InChI is InChI=1S/C25H24FN3O2S/c1-2-32(27,31)24-15-23-18(14-21(24)26)8-10-29(23)25(30)20-11-16-6-7-17(12-19(16)13-20)22-5-3-4-9-28-22/h3-7,9,12,14-15,20,27H,2,8,10-11,13H2,1H3/t20-,32?/m1/s1. The van der Waals surface area contributed by atoms with Crippen molar-refractivity contribution in [2.45, 2.75) is 31.1 Å². The summed E-state index contributed by atoms with van der Waals surface area (Å²) < 4.78 is 35.0. The summed E-state index contributed by atoms with van der Waals surface area (Å²) in [5.74, 6) is -0.761. The molecular weight excluding hydrogens is 425 g/mol. The topological polar surface area (TPSA) is 74.1 Å². The van der Waals surface area contributed by atoms with Crippen LogP contribution < -0.4 is 4.90 Å². The lowest BCUT2D eigenvalue weighted by atomic mass is 10.0. The van der Waals surface area contributed by atoms with Crippen LogP contribution in [0.2, 0.25) is 0 Å². The number of rotatable bonds is 4. The van der Waals surface area contributed by atoms with Crippen LogP contribution >= 0.6 is 0 Å². The second kappa shape index (κ2) is 7.81. The molecule has 7 heteroatoms. The molecule has 32 heavy (non-hydrogen) atoms. The highest BCUT2D eigenvalue weighted by Crippen LogP contribution is 2.37. The molecular formula is C25H24FN3O2S. The van der Waals surface area contributed by atoms with E-state index in [2.05, 4.69) is 17.1 Å². The van der Waals surface area contributed by atoms with Gasteiger partial charge in [0.15, 0.2) is 0 Å². The third-order valence-corrected chi connectivity index (χ3v) is 8.34. The highest BCUT2D eigenvalue weighted by atomic mass is 32.2. The molecule has 164 valence electrons. The van der Waals surface area contributed by atoms with E-state index in [1.165, 1.54) is 17.7 Å². The van der Waals surface area contributed by atoms with E-state index in [-0.39, 0.29) is 22.5 Å². The number of pyridine rings is 1. The van der Waals surface area contributed by atoms with Crippen molar-refractivity contribution in [1.82, 2.24) is 4.98 Å². The zero-order valence-electron chi connectivity index (χ0n) is 17.8. The Balaban J connectivity index is 1.41. The molecule has 2 heterocycles. The number of amides is 1. The molecule has 3 aromatic rings. The van der Waals surface area contributed by atoms with Gasteiger partial charge in [0, 0.05) is 35.7 Å². The van der Waals surface area contributed by atoms with Crippen molar-refractivity contribution in [3.8, 4) is 11.3 Å². The van der Waals surface area contributed by atoms with E-state index in [1.54, 1.807) is 18.0 Å². The number of hydrogen-bond acceptors (Lipinski definition) is 4. The van der Waals surface area contributed by atoms with Gasteiger partial charge in [-0.3, -0.25) is 9.78 Å². The summed E-state index contributed by atoms with van der Waals surface area (Å²) in [4.78, 5) is 19.5. The van der Waals surface area contributed by atoms with Crippen LogP contribution in [-0.2, 0) is 33.8 Å². The van der Waals surface area contributed by atoms with Crippen molar-refractivity contribution >= 4 is 21.3 Å². The van der Waals surface area contributed by atoms with Crippen molar-refractivity contribution < 1.29 is 13.4 Å². The molecule has 2 aromatic carbocycles. The summed E-state index contributed by atoms with van der Waals surface area (Å²) in [6.07, 6.45) is 3.65. The molecule has 2 aliphatic rings. The van der Waals surface area contributed by atoms with E-state index in [4.69, 9.17) is 4.78 Å². The summed E-state index contributed by atoms with van der Waals surface area (Å²) in [6.45, 7) is 2.09. The van der Waals surface area contributed by atoms with Crippen LogP contribution in [0.3, 0.4) is 0 Å². The number of carbonyl (C=O) groups excluding carboxylic acids is 1. The Morgan fingerprint density at radius 1 is 1.16 bits per heavy atom. The molecule has 0 radical (unpaired) electrons. The Labute approximate surface area is 187 Å². The van der Waals surface area contributed by atoms with Crippen molar-refractivity contribution in [2.75, 3.05) is 17.2 Å². The minimum absolute atomic E-state index is 0.00451. The molecule has 0 fully saturated rings. The fourth-order valence-corrected chi connectivity index (χ4v) is 5.72. The summed E-state index contributed by atoms with van der Waals surface area (Å²) in [5, 5.41) is 0. The first-order valence-corrected chi connectivity index (χ1v) is 12.5. The molecule has 5 rings (SSSR count). The first kappa shape index (κ1) is 20.8. The van der Waals surface area contributed by atoms with Crippen LogP contribution in [0.4, 0.5) is 10.1 Å². The zero-order chi connectivity index (χ0) is 22.5. The van der Waals surface area contributed by atoms with Gasteiger partial charge < -0.3 is 4.90 Å². The van der Waals surface area contributed by atoms with Crippen LogP contribution in [0.5, 0.6) is 0 Å². The summed E-state index contributed by atoms with van der Waals surface area (Å²) in [7, 11) is -3.21. The summed E-state index contributed by atoms with van der Waals surface area (Å²) in [6, 6.07) is 14.9. The minimum atomic E-state index is -3.21. The van der Waals surface area contributed by atoms with Gasteiger partial charge in [0.05, 0.1) is 20.3 Å². The second-order valence-corrected chi connectivity index (χ2v) is 10.8. The average Bonchev–Trinajstić information content (AvgIpc) is 3.42. The third kappa shape index (κ3) is 3.50. The van der Waals surface area contributed by atoms with E-state index in [0.717, 1.165) is 22.4 Å². The molecule has 1 N–H and O–H groups in total. The minimum Gasteiger partial charge on any atom is -0.312 e. The lowest BCUT2D eigenvalue weighted by Crippen LogP contribution is -2.35. The Morgan fingerprint density at radius 2 is 1.97 bits per heavy atom. The molecule has 5 nitrogen and oxygen atoms in total. The predicted octanol–water partition coefficient (Wildman–Crippen LogP) is 4.62. The maximum Gasteiger partial charge on any atom is 0.230 e. The Bertz CT molecular complexity index is 1320. The number of fused-ring (bicyclic) bond motifs is 2. The molecule has 1 aromatic heterocycles. The van der Waals surface area contributed by atoms with Crippen LogP contribution in [0.25, 0.3) is 11.3 Å². The van der Waals surface area contributed by atoms with Crippen molar-refractivity contribution in [2.24, 2.45) is 5.92 Å². The number of nitrogens with zero attached hydrogens (tertiary/aromatic N) is 2. The molecule has 2 atom stereocenters. The van der Waals surface area contributed by atoms with Crippen molar-refractivity contribution in [3.63, 3.8) is 0 Å². The van der Waals surface area contributed by atoms with Crippen LogP contribution in [0, 0.1) is 16.5 Å². The van der Waals surface area contributed by atoms with E-state index < -0.39 is 15.5 Å². The average molecular weight is 450 g/mol. The van der Waals surface area contributed by atoms with Gasteiger partial charge in [-0.25, -0.2) is 13.4 Å². The van der Waals surface area contributed by atoms with E-state index in [0.29, 0.717) is 31.5 Å². The number of anilines is 1. The fraction of sp³-hybridized carbons (Fsp3) is 0.280. The van der Waals surface area contributed by atoms with Crippen LogP contribution in [0.1, 0.15) is 23.6 Å². The van der Waals surface area contributed by atoms with Crippen molar-refractivity contribution in [3.05, 3.63) is 77.2 Å². The summed E-state index contributed by atoms with van der Waals surface area (Å²) in [5.41, 5.74) is 5.61. The monoisotopic (exact) mass is 449 g/mol. The normalized spacial score (nSPS) is 18.8. The number of benzene rings is 2. The third-order valence-electron chi connectivity index (χ3n) is 6.51. The molecule has 0 saturated carbocycles. The van der Waals surface area contributed by atoms with Gasteiger partial charge in [-0.05, 0) is 66.3 Å². The highest BCUT2D eigenvalue weighted by Gasteiger charge is 2.35. The Hall–Kier alpha value is -3.06. The molecule has 1 aliphatic carbocycles.